The first kappa shape index (κ1) is 13.5. The molecular weight excluding hydrogens is 274 g/mol. The molecule has 0 atom stereocenters. The summed E-state index contributed by atoms with van der Waals surface area (Å²) in [6.07, 6.45) is 5.88. The first-order chi connectivity index (χ1) is 9.65. The van der Waals surface area contributed by atoms with Crippen LogP contribution in [0.3, 0.4) is 0 Å². The third-order valence-corrected chi connectivity index (χ3v) is 4.37. The summed E-state index contributed by atoms with van der Waals surface area (Å²) < 4.78 is 5.65. The van der Waals surface area contributed by atoms with Crippen molar-refractivity contribution in [2.75, 3.05) is 7.05 Å². The van der Waals surface area contributed by atoms with Crippen LogP contribution in [0.1, 0.15) is 42.7 Å². The number of amides is 1. The van der Waals surface area contributed by atoms with Crippen LogP contribution in [-0.2, 0) is 0 Å². The fourth-order valence-corrected chi connectivity index (χ4v) is 3.11. The zero-order valence-corrected chi connectivity index (χ0v) is 12.3. The fraction of sp³-hybridized carbons (Fsp3) is 0.438. The lowest BCUT2D eigenvalue weighted by atomic mass is 9.94. The molecule has 20 heavy (non-hydrogen) atoms. The topological polar surface area (TPSA) is 33.5 Å². The molecule has 0 spiro atoms. The molecule has 0 unspecified atom stereocenters. The molecule has 1 heterocycles. The Balaban J connectivity index is 1.84. The molecule has 1 aromatic heterocycles. The zero-order valence-electron chi connectivity index (χ0n) is 11.6. The Morgan fingerprint density at radius 1 is 1.25 bits per heavy atom. The van der Waals surface area contributed by atoms with Gasteiger partial charge in [-0.3, -0.25) is 4.79 Å². The van der Waals surface area contributed by atoms with Gasteiger partial charge < -0.3 is 9.32 Å². The highest BCUT2D eigenvalue weighted by molar-refractivity contribution is 6.31. The Labute approximate surface area is 123 Å². The van der Waals surface area contributed by atoms with Crippen molar-refractivity contribution in [2.24, 2.45) is 0 Å². The minimum Gasteiger partial charge on any atom is -0.451 e. The average Bonchev–Trinajstić information content (AvgIpc) is 2.89. The van der Waals surface area contributed by atoms with Crippen LogP contribution in [-0.4, -0.2) is 23.9 Å². The molecule has 4 heteroatoms. The molecule has 0 radical (unpaired) electrons. The van der Waals surface area contributed by atoms with Crippen molar-refractivity contribution in [3.8, 4) is 0 Å². The van der Waals surface area contributed by atoms with Crippen LogP contribution in [0.4, 0.5) is 0 Å². The number of hydrogen-bond acceptors (Lipinski definition) is 2. The maximum absolute atomic E-state index is 12.5. The standard InChI is InChI=1S/C16H18ClNO2/c1-18(13-5-3-2-4-6-13)16(19)15-10-11-9-12(17)7-8-14(11)20-15/h7-10,13H,2-6H2,1H3. The minimum absolute atomic E-state index is 0.0378. The smallest absolute Gasteiger partial charge is 0.289 e. The molecule has 0 saturated heterocycles. The lowest BCUT2D eigenvalue weighted by Gasteiger charge is -2.30. The van der Waals surface area contributed by atoms with E-state index in [1.807, 2.05) is 18.0 Å². The summed E-state index contributed by atoms with van der Waals surface area (Å²) in [5, 5.41) is 1.52. The predicted molar refractivity (Wildman–Crippen MR) is 80.2 cm³/mol. The maximum atomic E-state index is 12.5. The molecule has 3 nitrogen and oxygen atoms in total. The van der Waals surface area contributed by atoms with Gasteiger partial charge in [-0.2, -0.15) is 0 Å². The second kappa shape index (κ2) is 5.49. The number of fused-ring (bicyclic) bond motifs is 1. The maximum Gasteiger partial charge on any atom is 0.289 e. The van der Waals surface area contributed by atoms with E-state index in [-0.39, 0.29) is 5.91 Å². The van der Waals surface area contributed by atoms with E-state index >= 15 is 0 Å². The number of carbonyl (C=O) groups is 1. The molecule has 1 amide bonds. The highest BCUT2D eigenvalue weighted by atomic mass is 35.5. The highest BCUT2D eigenvalue weighted by Gasteiger charge is 2.25. The lowest BCUT2D eigenvalue weighted by Crippen LogP contribution is -2.38. The molecule has 2 aromatic rings. The van der Waals surface area contributed by atoms with E-state index in [9.17, 15) is 4.79 Å². The Morgan fingerprint density at radius 2 is 2.00 bits per heavy atom. The Bertz CT molecular complexity index is 628. The van der Waals surface area contributed by atoms with Crippen LogP contribution in [0.25, 0.3) is 11.0 Å². The molecule has 1 aliphatic rings. The van der Waals surface area contributed by atoms with Crippen LogP contribution < -0.4 is 0 Å². The van der Waals surface area contributed by atoms with Gasteiger partial charge in [0.1, 0.15) is 5.58 Å². The van der Waals surface area contributed by atoms with Gasteiger partial charge in [0, 0.05) is 23.5 Å². The molecular formula is C16H18ClNO2. The van der Waals surface area contributed by atoms with Crippen molar-refractivity contribution in [2.45, 2.75) is 38.1 Å². The number of halogens is 1. The third-order valence-electron chi connectivity index (χ3n) is 4.13. The van der Waals surface area contributed by atoms with Gasteiger partial charge in [-0.25, -0.2) is 0 Å². The summed E-state index contributed by atoms with van der Waals surface area (Å²) in [5.74, 6) is 0.361. The minimum atomic E-state index is -0.0378. The summed E-state index contributed by atoms with van der Waals surface area (Å²) in [5.41, 5.74) is 0.704. The molecule has 1 aromatic carbocycles. The molecule has 106 valence electrons. The number of benzene rings is 1. The van der Waals surface area contributed by atoms with Crippen LogP contribution in [0.15, 0.2) is 28.7 Å². The van der Waals surface area contributed by atoms with Crippen LogP contribution >= 0.6 is 11.6 Å². The Kier molecular flexibility index (Phi) is 3.70. The molecule has 1 fully saturated rings. The molecule has 1 aliphatic carbocycles. The van der Waals surface area contributed by atoms with Crippen LogP contribution in [0, 0.1) is 0 Å². The average molecular weight is 292 g/mol. The van der Waals surface area contributed by atoms with Gasteiger partial charge in [0.15, 0.2) is 5.76 Å². The number of carbonyl (C=O) groups excluding carboxylic acids is 1. The van der Waals surface area contributed by atoms with Crippen molar-refractivity contribution in [1.82, 2.24) is 4.90 Å². The third kappa shape index (κ3) is 2.55. The van der Waals surface area contributed by atoms with Gasteiger partial charge in [0.2, 0.25) is 0 Å². The van der Waals surface area contributed by atoms with Gasteiger partial charge in [-0.05, 0) is 37.1 Å². The van der Waals surface area contributed by atoms with E-state index in [2.05, 4.69) is 0 Å². The number of hydrogen-bond donors (Lipinski definition) is 0. The monoisotopic (exact) mass is 291 g/mol. The van der Waals surface area contributed by atoms with Crippen molar-refractivity contribution in [1.29, 1.82) is 0 Å². The Hall–Kier alpha value is -1.48. The predicted octanol–water partition coefficient (Wildman–Crippen LogP) is 4.49. The fourth-order valence-electron chi connectivity index (χ4n) is 2.93. The second-order valence-electron chi connectivity index (χ2n) is 5.50. The summed E-state index contributed by atoms with van der Waals surface area (Å²) in [6, 6.07) is 7.51. The first-order valence-corrected chi connectivity index (χ1v) is 7.49. The molecule has 0 aliphatic heterocycles. The SMILES string of the molecule is CN(C(=O)c1cc2cc(Cl)ccc2o1)C1CCCCC1. The normalized spacial score (nSPS) is 16.5. The summed E-state index contributed by atoms with van der Waals surface area (Å²) in [6.45, 7) is 0. The van der Waals surface area contributed by atoms with Crippen molar-refractivity contribution in [3.05, 3.63) is 35.0 Å². The van der Waals surface area contributed by atoms with Gasteiger partial charge in [0.05, 0.1) is 0 Å². The van der Waals surface area contributed by atoms with E-state index in [0.29, 0.717) is 22.4 Å². The van der Waals surface area contributed by atoms with E-state index in [0.717, 1.165) is 18.2 Å². The van der Waals surface area contributed by atoms with E-state index < -0.39 is 0 Å². The van der Waals surface area contributed by atoms with E-state index in [1.165, 1.54) is 19.3 Å². The number of furan rings is 1. The van der Waals surface area contributed by atoms with Crippen molar-refractivity contribution >= 4 is 28.5 Å². The number of nitrogens with zero attached hydrogens (tertiary/aromatic N) is 1. The highest BCUT2D eigenvalue weighted by Crippen LogP contribution is 2.26. The summed E-state index contributed by atoms with van der Waals surface area (Å²) in [7, 11) is 1.87. The number of rotatable bonds is 2. The van der Waals surface area contributed by atoms with Gasteiger partial charge in [-0.1, -0.05) is 30.9 Å². The first-order valence-electron chi connectivity index (χ1n) is 7.11. The largest absolute Gasteiger partial charge is 0.451 e. The summed E-state index contributed by atoms with van der Waals surface area (Å²) >= 11 is 5.95. The molecule has 0 N–H and O–H groups in total. The zero-order chi connectivity index (χ0) is 14.1. The quantitative estimate of drug-likeness (QED) is 0.817. The second-order valence-corrected chi connectivity index (χ2v) is 5.94. The molecule has 0 bridgehead atoms. The van der Waals surface area contributed by atoms with Gasteiger partial charge in [-0.15, -0.1) is 0 Å². The molecule has 1 saturated carbocycles. The van der Waals surface area contributed by atoms with Crippen LogP contribution in [0.2, 0.25) is 5.02 Å². The van der Waals surface area contributed by atoms with E-state index in [1.54, 1.807) is 18.2 Å². The summed E-state index contributed by atoms with van der Waals surface area (Å²) in [4.78, 5) is 14.3. The van der Waals surface area contributed by atoms with Crippen molar-refractivity contribution < 1.29 is 9.21 Å². The lowest BCUT2D eigenvalue weighted by molar-refractivity contribution is 0.0666. The van der Waals surface area contributed by atoms with Crippen LogP contribution in [0.5, 0.6) is 0 Å². The Morgan fingerprint density at radius 3 is 2.75 bits per heavy atom. The van der Waals surface area contributed by atoms with E-state index in [4.69, 9.17) is 16.0 Å². The van der Waals surface area contributed by atoms with Crippen molar-refractivity contribution in [3.63, 3.8) is 0 Å². The van der Waals surface area contributed by atoms with Gasteiger partial charge in [0.25, 0.3) is 5.91 Å². The van der Waals surface area contributed by atoms with Gasteiger partial charge >= 0.3 is 0 Å². The molecule has 3 rings (SSSR count).